The molecule has 0 saturated carbocycles. The van der Waals surface area contributed by atoms with Crippen LogP contribution in [-0.4, -0.2) is 9.13 Å². The minimum atomic E-state index is 0.878. The Kier molecular flexibility index (Phi) is 3.61. The van der Waals surface area contributed by atoms with E-state index in [0.29, 0.717) is 0 Å². The fourth-order valence-corrected chi connectivity index (χ4v) is 5.21. The number of benzene rings is 4. The van der Waals surface area contributed by atoms with Gasteiger partial charge in [-0.05, 0) is 43.7 Å². The molecule has 0 fully saturated rings. The largest absolute Gasteiger partial charge is 0.344 e. The van der Waals surface area contributed by atoms with E-state index in [1.54, 1.807) is 0 Å². The summed E-state index contributed by atoms with van der Waals surface area (Å²) in [5.74, 6) is 0. The van der Waals surface area contributed by atoms with Gasteiger partial charge in [0.25, 0.3) is 0 Å². The van der Waals surface area contributed by atoms with Crippen LogP contribution >= 0.6 is 0 Å². The van der Waals surface area contributed by atoms with Crippen molar-refractivity contribution in [1.82, 2.24) is 9.13 Å². The van der Waals surface area contributed by atoms with Crippen molar-refractivity contribution in [3.05, 3.63) is 95.6 Å². The Hall–Kier alpha value is -3.52. The number of fused-ring (bicyclic) bond motifs is 6. The zero-order chi connectivity index (χ0) is 20.4. The average molecular weight is 389 g/mol. The van der Waals surface area contributed by atoms with Crippen LogP contribution in [0.15, 0.2) is 78.9 Å². The second kappa shape index (κ2) is 6.24. The minimum Gasteiger partial charge on any atom is -0.344 e. The van der Waals surface area contributed by atoms with Crippen LogP contribution in [0.2, 0.25) is 0 Å². The number of para-hydroxylation sites is 2. The monoisotopic (exact) mass is 388 g/mol. The minimum absolute atomic E-state index is 0.878. The van der Waals surface area contributed by atoms with E-state index in [0.717, 1.165) is 6.54 Å². The first kappa shape index (κ1) is 17.3. The molecule has 0 radical (unpaired) electrons. The lowest BCUT2D eigenvalue weighted by molar-refractivity contribution is 0.866. The van der Waals surface area contributed by atoms with Crippen molar-refractivity contribution in [2.75, 3.05) is 0 Å². The molecule has 0 unspecified atom stereocenters. The van der Waals surface area contributed by atoms with Gasteiger partial charge in [0.1, 0.15) is 0 Å². The summed E-state index contributed by atoms with van der Waals surface area (Å²) >= 11 is 0. The lowest BCUT2D eigenvalue weighted by atomic mass is 10.1. The number of nitrogens with zero attached hydrogens (tertiary/aromatic N) is 2. The van der Waals surface area contributed by atoms with Crippen LogP contribution in [0.4, 0.5) is 0 Å². The van der Waals surface area contributed by atoms with E-state index in [1.165, 1.54) is 60.3 Å². The van der Waals surface area contributed by atoms with Crippen molar-refractivity contribution in [1.29, 1.82) is 0 Å². The molecule has 6 rings (SSSR count). The molecule has 0 saturated heterocycles. The summed E-state index contributed by atoms with van der Waals surface area (Å²) in [5, 5.41) is 5.29. The van der Waals surface area contributed by atoms with Gasteiger partial charge in [-0.1, -0.05) is 65.7 Å². The van der Waals surface area contributed by atoms with Crippen molar-refractivity contribution in [3.8, 4) is 0 Å². The predicted octanol–water partition coefficient (Wildman–Crippen LogP) is 7.10. The first-order valence-corrected chi connectivity index (χ1v) is 10.6. The highest BCUT2D eigenvalue weighted by Gasteiger charge is 2.15. The van der Waals surface area contributed by atoms with E-state index in [1.807, 2.05) is 0 Å². The SMILES string of the molecule is Cc1cc(C)cc(Cn2c3ccccc3c3cc4c(cc32)c2ccccc2n4C)c1. The smallest absolute Gasteiger partial charge is 0.0502 e. The number of hydrogen-bond acceptors (Lipinski definition) is 0. The molecule has 2 heterocycles. The van der Waals surface area contributed by atoms with Gasteiger partial charge in [0, 0.05) is 51.7 Å². The third-order valence-electron chi connectivity index (χ3n) is 6.43. The maximum Gasteiger partial charge on any atom is 0.0502 e. The summed E-state index contributed by atoms with van der Waals surface area (Å²) in [4.78, 5) is 0. The van der Waals surface area contributed by atoms with Crippen molar-refractivity contribution in [2.45, 2.75) is 20.4 Å². The molecule has 0 aliphatic carbocycles. The molecular weight excluding hydrogens is 364 g/mol. The molecule has 30 heavy (non-hydrogen) atoms. The molecule has 0 N–H and O–H groups in total. The predicted molar refractivity (Wildman–Crippen MR) is 128 cm³/mol. The first-order chi connectivity index (χ1) is 14.6. The van der Waals surface area contributed by atoms with Crippen molar-refractivity contribution >= 4 is 43.6 Å². The molecule has 6 aromatic rings. The molecule has 2 nitrogen and oxygen atoms in total. The van der Waals surface area contributed by atoms with E-state index in [2.05, 4.69) is 109 Å². The summed E-state index contributed by atoms with van der Waals surface area (Å²) in [6.07, 6.45) is 0. The van der Waals surface area contributed by atoms with E-state index in [4.69, 9.17) is 0 Å². The Balaban J connectivity index is 1.71. The van der Waals surface area contributed by atoms with Crippen LogP contribution < -0.4 is 0 Å². The molecule has 4 aromatic carbocycles. The Morgan fingerprint density at radius 2 is 1.13 bits per heavy atom. The van der Waals surface area contributed by atoms with Crippen molar-refractivity contribution in [2.24, 2.45) is 7.05 Å². The molecule has 146 valence electrons. The second-order valence-electron chi connectivity index (χ2n) is 8.56. The number of aromatic nitrogens is 2. The number of rotatable bonds is 2. The average Bonchev–Trinajstić information content (AvgIpc) is 3.19. The highest BCUT2D eigenvalue weighted by Crippen LogP contribution is 2.36. The Labute approximate surface area is 176 Å². The molecule has 2 aromatic heterocycles. The standard InChI is InChI=1S/C28H24N2/c1-18-12-19(2)14-20(13-18)17-30-26-11-7-5-9-22(26)24-15-27-23(16-28(24)30)21-8-4-6-10-25(21)29(27)3/h4-16H,17H2,1-3H3. The van der Waals surface area contributed by atoms with Crippen molar-refractivity contribution < 1.29 is 0 Å². The molecule has 0 atom stereocenters. The molecule has 0 spiro atoms. The highest BCUT2D eigenvalue weighted by molar-refractivity contribution is 6.17. The summed E-state index contributed by atoms with van der Waals surface area (Å²) < 4.78 is 4.81. The normalized spacial score (nSPS) is 12.0. The quantitative estimate of drug-likeness (QED) is 0.299. The molecule has 0 aliphatic rings. The summed E-state index contributed by atoms with van der Waals surface area (Å²) in [5.41, 5.74) is 9.17. The number of aryl methyl sites for hydroxylation is 3. The van der Waals surface area contributed by atoms with Gasteiger partial charge in [-0.3, -0.25) is 0 Å². The lowest BCUT2D eigenvalue weighted by Crippen LogP contribution is -2.00. The van der Waals surface area contributed by atoms with E-state index in [9.17, 15) is 0 Å². The highest BCUT2D eigenvalue weighted by atomic mass is 15.0. The van der Waals surface area contributed by atoms with Gasteiger partial charge in [0.05, 0.1) is 5.52 Å². The molecule has 0 aliphatic heterocycles. The van der Waals surface area contributed by atoms with Gasteiger partial charge >= 0.3 is 0 Å². The van der Waals surface area contributed by atoms with Gasteiger partial charge in [0.2, 0.25) is 0 Å². The first-order valence-electron chi connectivity index (χ1n) is 10.6. The van der Waals surface area contributed by atoms with Crippen molar-refractivity contribution in [3.63, 3.8) is 0 Å². The Morgan fingerprint density at radius 3 is 1.87 bits per heavy atom. The molecule has 2 heteroatoms. The van der Waals surface area contributed by atoms with E-state index >= 15 is 0 Å². The van der Waals surface area contributed by atoms with Gasteiger partial charge < -0.3 is 9.13 Å². The maximum atomic E-state index is 2.49. The second-order valence-corrected chi connectivity index (χ2v) is 8.56. The molecule has 0 bridgehead atoms. The zero-order valence-electron chi connectivity index (χ0n) is 17.6. The van der Waals surface area contributed by atoms with Crippen LogP contribution in [-0.2, 0) is 13.6 Å². The Bertz CT molecular complexity index is 1570. The third kappa shape index (κ3) is 2.43. The molecule has 0 amide bonds. The fraction of sp³-hybridized carbons (Fsp3) is 0.143. The fourth-order valence-electron chi connectivity index (χ4n) is 5.21. The summed E-state index contributed by atoms with van der Waals surface area (Å²) in [7, 11) is 2.17. The van der Waals surface area contributed by atoms with E-state index < -0.39 is 0 Å². The zero-order valence-corrected chi connectivity index (χ0v) is 17.6. The van der Waals surface area contributed by atoms with Gasteiger partial charge in [-0.15, -0.1) is 0 Å². The van der Waals surface area contributed by atoms with E-state index in [-0.39, 0.29) is 0 Å². The summed E-state index contributed by atoms with van der Waals surface area (Å²) in [6.45, 7) is 5.24. The van der Waals surface area contributed by atoms with Crippen LogP contribution in [0.25, 0.3) is 43.6 Å². The van der Waals surface area contributed by atoms with Crippen LogP contribution in [0.3, 0.4) is 0 Å². The van der Waals surface area contributed by atoms with Crippen LogP contribution in [0.5, 0.6) is 0 Å². The maximum absolute atomic E-state index is 2.49. The van der Waals surface area contributed by atoms with Gasteiger partial charge in [-0.2, -0.15) is 0 Å². The Morgan fingerprint density at radius 1 is 0.567 bits per heavy atom. The molecular formula is C28H24N2. The van der Waals surface area contributed by atoms with Crippen LogP contribution in [0.1, 0.15) is 16.7 Å². The third-order valence-corrected chi connectivity index (χ3v) is 6.43. The lowest BCUT2D eigenvalue weighted by Gasteiger charge is -2.10. The van der Waals surface area contributed by atoms with Crippen LogP contribution in [0, 0.1) is 13.8 Å². The summed E-state index contributed by atoms with van der Waals surface area (Å²) in [6, 6.07) is 29.1. The topological polar surface area (TPSA) is 9.86 Å². The van der Waals surface area contributed by atoms with Gasteiger partial charge in [-0.25, -0.2) is 0 Å². The number of hydrogen-bond donors (Lipinski definition) is 0. The van der Waals surface area contributed by atoms with Gasteiger partial charge in [0.15, 0.2) is 0 Å².